The summed E-state index contributed by atoms with van der Waals surface area (Å²) in [6.45, 7) is 0. The van der Waals surface area contributed by atoms with Crippen LogP contribution in [0.3, 0.4) is 0 Å². The molecule has 0 aliphatic carbocycles. The number of carbonyl (C=O) groups is 2. The summed E-state index contributed by atoms with van der Waals surface area (Å²) in [5.74, 6) is 0. The van der Waals surface area contributed by atoms with Crippen molar-refractivity contribution >= 4 is 12.6 Å². The SMILES string of the molecule is O=Cc1cn(-c2ccccc2)nc1-c1ccc(-c2nn(-c3ccccc3)cc2C=O)cc1. The smallest absolute Gasteiger partial charge is 0.153 e. The molecule has 0 amide bonds. The van der Waals surface area contributed by atoms with Crippen LogP contribution in [0.2, 0.25) is 0 Å². The summed E-state index contributed by atoms with van der Waals surface area (Å²) in [5, 5.41) is 9.22. The zero-order valence-corrected chi connectivity index (χ0v) is 17.0. The Morgan fingerprint density at radius 3 is 1.25 bits per heavy atom. The maximum atomic E-state index is 11.6. The number of carbonyl (C=O) groups excluding carboxylic acids is 2. The molecule has 0 bridgehead atoms. The third kappa shape index (κ3) is 3.54. The van der Waals surface area contributed by atoms with Gasteiger partial charge in [-0.3, -0.25) is 9.59 Å². The summed E-state index contributed by atoms with van der Waals surface area (Å²) in [4.78, 5) is 23.3. The molecule has 32 heavy (non-hydrogen) atoms. The summed E-state index contributed by atoms with van der Waals surface area (Å²) in [5.41, 5.74) is 5.57. The van der Waals surface area contributed by atoms with E-state index in [9.17, 15) is 9.59 Å². The zero-order chi connectivity index (χ0) is 21.9. The number of nitrogens with zero attached hydrogens (tertiary/aromatic N) is 4. The Bertz CT molecular complexity index is 1280. The predicted molar refractivity (Wildman–Crippen MR) is 122 cm³/mol. The van der Waals surface area contributed by atoms with Crippen molar-refractivity contribution in [2.75, 3.05) is 0 Å². The molecule has 6 heteroatoms. The van der Waals surface area contributed by atoms with E-state index < -0.39 is 0 Å². The maximum absolute atomic E-state index is 11.6. The first-order valence-corrected chi connectivity index (χ1v) is 10.1. The zero-order valence-electron chi connectivity index (χ0n) is 17.0. The Balaban J connectivity index is 1.51. The molecule has 0 saturated carbocycles. The van der Waals surface area contributed by atoms with Crippen molar-refractivity contribution in [1.29, 1.82) is 0 Å². The second-order valence-corrected chi connectivity index (χ2v) is 7.24. The molecule has 154 valence electrons. The van der Waals surface area contributed by atoms with Crippen molar-refractivity contribution in [2.24, 2.45) is 0 Å². The molecular formula is C26H18N4O2. The van der Waals surface area contributed by atoms with Crippen LogP contribution < -0.4 is 0 Å². The summed E-state index contributed by atoms with van der Waals surface area (Å²) >= 11 is 0. The van der Waals surface area contributed by atoms with E-state index in [2.05, 4.69) is 10.2 Å². The molecule has 0 atom stereocenters. The Morgan fingerprint density at radius 1 is 0.531 bits per heavy atom. The lowest BCUT2D eigenvalue weighted by Gasteiger charge is -2.03. The van der Waals surface area contributed by atoms with E-state index >= 15 is 0 Å². The average Bonchev–Trinajstić information content (AvgIpc) is 3.50. The third-order valence-electron chi connectivity index (χ3n) is 5.21. The Kier molecular flexibility index (Phi) is 5.01. The molecule has 2 aromatic heterocycles. The Morgan fingerprint density at radius 2 is 0.906 bits per heavy atom. The van der Waals surface area contributed by atoms with E-state index in [1.165, 1.54) is 0 Å². The van der Waals surface area contributed by atoms with Crippen LogP contribution in [0, 0.1) is 0 Å². The quantitative estimate of drug-likeness (QED) is 0.363. The van der Waals surface area contributed by atoms with Gasteiger partial charge in [0.15, 0.2) is 12.6 Å². The van der Waals surface area contributed by atoms with Crippen LogP contribution in [0.15, 0.2) is 97.3 Å². The molecule has 0 fully saturated rings. The van der Waals surface area contributed by atoms with Crippen molar-refractivity contribution in [3.05, 3.63) is 108 Å². The highest BCUT2D eigenvalue weighted by Gasteiger charge is 2.15. The van der Waals surface area contributed by atoms with Crippen LogP contribution in [-0.4, -0.2) is 32.1 Å². The number of rotatable bonds is 6. The van der Waals surface area contributed by atoms with Gasteiger partial charge in [-0.2, -0.15) is 10.2 Å². The molecule has 5 rings (SSSR count). The van der Waals surface area contributed by atoms with E-state index in [0.717, 1.165) is 35.1 Å². The molecule has 5 aromatic rings. The van der Waals surface area contributed by atoms with Gasteiger partial charge in [0.1, 0.15) is 11.4 Å². The molecular weight excluding hydrogens is 400 g/mol. The number of aldehydes is 2. The van der Waals surface area contributed by atoms with Crippen molar-refractivity contribution in [3.63, 3.8) is 0 Å². The number of hydrogen-bond donors (Lipinski definition) is 0. The van der Waals surface area contributed by atoms with Crippen molar-refractivity contribution in [1.82, 2.24) is 19.6 Å². The lowest BCUT2D eigenvalue weighted by Crippen LogP contribution is -1.94. The van der Waals surface area contributed by atoms with Gasteiger partial charge in [0.05, 0.1) is 22.5 Å². The van der Waals surface area contributed by atoms with Crippen LogP contribution >= 0.6 is 0 Å². The second kappa shape index (κ2) is 8.28. The van der Waals surface area contributed by atoms with Crippen LogP contribution in [0.1, 0.15) is 20.7 Å². The molecule has 3 aromatic carbocycles. The topological polar surface area (TPSA) is 69.8 Å². The maximum Gasteiger partial charge on any atom is 0.153 e. The van der Waals surface area contributed by atoms with Crippen LogP contribution in [0.5, 0.6) is 0 Å². The van der Waals surface area contributed by atoms with Gasteiger partial charge in [0.2, 0.25) is 0 Å². The molecule has 6 nitrogen and oxygen atoms in total. The van der Waals surface area contributed by atoms with E-state index in [4.69, 9.17) is 0 Å². The standard InChI is InChI=1S/C26H18N4O2/c31-17-21-15-29(23-7-3-1-4-8-23)27-25(21)19-11-13-20(14-12-19)26-22(18-32)16-30(28-26)24-9-5-2-6-10-24/h1-18H. The Hall–Kier alpha value is -4.58. The minimum Gasteiger partial charge on any atom is -0.298 e. The molecule has 0 aliphatic heterocycles. The minimum atomic E-state index is 0.503. The fraction of sp³-hybridized carbons (Fsp3) is 0. The number of aromatic nitrogens is 4. The molecule has 0 aliphatic rings. The van der Waals surface area contributed by atoms with Crippen LogP contribution in [-0.2, 0) is 0 Å². The third-order valence-corrected chi connectivity index (χ3v) is 5.21. The minimum absolute atomic E-state index is 0.503. The molecule has 0 unspecified atom stereocenters. The largest absolute Gasteiger partial charge is 0.298 e. The van der Waals surface area contributed by atoms with Crippen LogP contribution in [0.25, 0.3) is 33.9 Å². The van der Waals surface area contributed by atoms with Gasteiger partial charge in [-0.25, -0.2) is 9.36 Å². The van der Waals surface area contributed by atoms with Gasteiger partial charge in [-0.15, -0.1) is 0 Å². The highest BCUT2D eigenvalue weighted by atomic mass is 16.1. The van der Waals surface area contributed by atoms with Crippen molar-refractivity contribution in [2.45, 2.75) is 0 Å². The fourth-order valence-corrected chi connectivity index (χ4v) is 3.61. The predicted octanol–water partition coefficient (Wildman–Crippen LogP) is 5.02. The lowest BCUT2D eigenvalue weighted by molar-refractivity contribution is 0.111. The highest BCUT2D eigenvalue weighted by molar-refractivity contribution is 5.88. The first-order chi connectivity index (χ1) is 15.8. The average molecular weight is 418 g/mol. The monoisotopic (exact) mass is 418 g/mol. The summed E-state index contributed by atoms with van der Waals surface area (Å²) < 4.78 is 3.39. The lowest BCUT2D eigenvalue weighted by atomic mass is 10.0. The number of benzene rings is 3. The number of hydrogen-bond acceptors (Lipinski definition) is 4. The number of para-hydroxylation sites is 2. The van der Waals surface area contributed by atoms with Crippen molar-refractivity contribution in [3.8, 4) is 33.9 Å². The van der Waals surface area contributed by atoms with Crippen molar-refractivity contribution < 1.29 is 9.59 Å². The van der Waals surface area contributed by atoms with Gasteiger partial charge in [-0.1, -0.05) is 60.7 Å². The summed E-state index contributed by atoms with van der Waals surface area (Å²) in [7, 11) is 0. The van der Waals surface area contributed by atoms with E-state index in [-0.39, 0.29) is 0 Å². The van der Waals surface area contributed by atoms with Gasteiger partial charge < -0.3 is 0 Å². The fourth-order valence-electron chi connectivity index (χ4n) is 3.61. The van der Waals surface area contributed by atoms with Crippen LogP contribution in [0.4, 0.5) is 0 Å². The first kappa shape index (κ1) is 19.4. The summed E-state index contributed by atoms with van der Waals surface area (Å²) in [6.07, 6.45) is 5.05. The molecule has 0 radical (unpaired) electrons. The van der Waals surface area contributed by atoms with Gasteiger partial charge in [0, 0.05) is 23.5 Å². The molecule has 0 spiro atoms. The van der Waals surface area contributed by atoms with Gasteiger partial charge >= 0.3 is 0 Å². The molecule has 0 N–H and O–H groups in total. The molecule has 0 saturated heterocycles. The van der Waals surface area contributed by atoms with Gasteiger partial charge in [-0.05, 0) is 24.3 Å². The first-order valence-electron chi connectivity index (χ1n) is 10.1. The van der Waals surface area contributed by atoms with E-state index in [0.29, 0.717) is 22.5 Å². The van der Waals surface area contributed by atoms with E-state index in [1.54, 1.807) is 21.8 Å². The van der Waals surface area contributed by atoms with Gasteiger partial charge in [0.25, 0.3) is 0 Å². The molecule has 2 heterocycles. The van der Waals surface area contributed by atoms with E-state index in [1.807, 2.05) is 84.9 Å². The highest BCUT2D eigenvalue weighted by Crippen LogP contribution is 2.28. The summed E-state index contributed by atoms with van der Waals surface area (Å²) in [6, 6.07) is 26.8. The normalized spacial score (nSPS) is 10.8. The Labute approximate surface area is 184 Å². The second-order valence-electron chi connectivity index (χ2n) is 7.24.